The molecule has 2 aromatic heterocycles. The number of aromatic nitrogens is 3. The van der Waals surface area contributed by atoms with Crippen LogP contribution in [0.3, 0.4) is 0 Å². The van der Waals surface area contributed by atoms with Crippen molar-refractivity contribution in [3.63, 3.8) is 0 Å². The summed E-state index contributed by atoms with van der Waals surface area (Å²) < 4.78 is 0. The fourth-order valence-corrected chi connectivity index (χ4v) is 3.53. The molecule has 1 fully saturated rings. The van der Waals surface area contributed by atoms with Crippen LogP contribution in [-0.4, -0.2) is 50.8 Å². The van der Waals surface area contributed by atoms with Gasteiger partial charge in [-0.05, 0) is 37.0 Å². The molecule has 0 spiro atoms. The van der Waals surface area contributed by atoms with Gasteiger partial charge in [-0.25, -0.2) is 4.98 Å². The molecule has 2 aromatic rings. The number of nitrogens with zero attached hydrogens (tertiary/aromatic N) is 3. The minimum Gasteiger partial charge on any atom is -0.350 e. The maximum absolute atomic E-state index is 12.5. The summed E-state index contributed by atoms with van der Waals surface area (Å²) in [6.07, 6.45) is 5.01. The van der Waals surface area contributed by atoms with E-state index in [4.69, 9.17) is 0 Å². The standard InChI is InChI=1S/C18H19N5O3/c1-10-20-15(6-16(24)21-10)18(26)23-8-14(9-23)22-17(25)12-4-11-2-3-19-7-13(11)5-12/h2-3,6-7,12,14H,4-5,8-9H2,1H3,(H,22,25)(H,20,21,24). The highest BCUT2D eigenvalue weighted by Gasteiger charge is 2.35. The number of hydrogen-bond acceptors (Lipinski definition) is 5. The molecule has 4 rings (SSSR count). The first-order valence-corrected chi connectivity index (χ1v) is 8.59. The number of aryl methyl sites for hydroxylation is 1. The summed E-state index contributed by atoms with van der Waals surface area (Å²) in [5.41, 5.74) is 2.10. The van der Waals surface area contributed by atoms with Gasteiger partial charge in [-0.1, -0.05) is 0 Å². The molecule has 2 amide bonds. The first-order valence-electron chi connectivity index (χ1n) is 8.59. The molecule has 0 aromatic carbocycles. The molecule has 2 aliphatic rings. The SMILES string of the molecule is Cc1nc(C(=O)N2CC(NC(=O)C3Cc4ccncc4C3)C2)cc(=O)[nH]1. The average Bonchev–Trinajstić information content (AvgIpc) is 3.00. The molecule has 1 atom stereocenters. The van der Waals surface area contributed by atoms with E-state index in [1.54, 1.807) is 18.0 Å². The van der Waals surface area contributed by atoms with E-state index >= 15 is 0 Å². The van der Waals surface area contributed by atoms with Crippen molar-refractivity contribution in [1.82, 2.24) is 25.2 Å². The third-order valence-electron chi connectivity index (χ3n) is 4.90. The molecule has 0 radical (unpaired) electrons. The molecule has 0 saturated carbocycles. The molecular formula is C18H19N5O3. The van der Waals surface area contributed by atoms with Gasteiger partial charge in [-0.3, -0.25) is 19.4 Å². The van der Waals surface area contributed by atoms with Crippen LogP contribution in [0.15, 0.2) is 29.3 Å². The van der Waals surface area contributed by atoms with Crippen molar-refractivity contribution in [2.45, 2.75) is 25.8 Å². The quantitative estimate of drug-likeness (QED) is 0.796. The minimum atomic E-state index is -0.346. The summed E-state index contributed by atoms with van der Waals surface area (Å²) in [5, 5.41) is 3.01. The average molecular weight is 353 g/mol. The Bertz CT molecular complexity index is 907. The van der Waals surface area contributed by atoms with Crippen LogP contribution in [0.2, 0.25) is 0 Å². The lowest BCUT2D eigenvalue weighted by atomic mass is 10.0. The molecule has 1 unspecified atom stereocenters. The van der Waals surface area contributed by atoms with E-state index in [9.17, 15) is 14.4 Å². The lowest BCUT2D eigenvalue weighted by molar-refractivity contribution is -0.126. The lowest BCUT2D eigenvalue weighted by Crippen LogP contribution is -2.61. The number of carbonyl (C=O) groups excluding carboxylic acids is 2. The lowest BCUT2D eigenvalue weighted by Gasteiger charge is -2.39. The van der Waals surface area contributed by atoms with E-state index in [1.807, 2.05) is 12.3 Å². The Labute approximate surface area is 149 Å². The summed E-state index contributed by atoms with van der Waals surface area (Å²) in [5.74, 6) is 0.0601. The number of nitrogens with one attached hydrogen (secondary N) is 2. The van der Waals surface area contributed by atoms with Gasteiger partial charge in [-0.2, -0.15) is 0 Å². The van der Waals surface area contributed by atoms with Gasteiger partial charge in [0.15, 0.2) is 0 Å². The van der Waals surface area contributed by atoms with Gasteiger partial charge in [0, 0.05) is 37.5 Å². The second kappa shape index (κ2) is 6.36. The van der Waals surface area contributed by atoms with Crippen molar-refractivity contribution in [2.24, 2.45) is 5.92 Å². The number of aromatic amines is 1. The van der Waals surface area contributed by atoms with Crippen molar-refractivity contribution in [2.75, 3.05) is 13.1 Å². The Morgan fingerprint density at radius 3 is 2.77 bits per heavy atom. The second-order valence-corrected chi connectivity index (χ2v) is 6.88. The van der Waals surface area contributed by atoms with Gasteiger partial charge in [-0.15, -0.1) is 0 Å². The smallest absolute Gasteiger partial charge is 0.272 e. The fourth-order valence-electron chi connectivity index (χ4n) is 3.53. The number of hydrogen-bond donors (Lipinski definition) is 2. The number of amides is 2. The molecule has 1 saturated heterocycles. The van der Waals surface area contributed by atoms with E-state index in [2.05, 4.69) is 20.3 Å². The maximum Gasteiger partial charge on any atom is 0.272 e. The Morgan fingerprint density at radius 2 is 2.04 bits per heavy atom. The van der Waals surface area contributed by atoms with Crippen LogP contribution < -0.4 is 10.9 Å². The van der Waals surface area contributed by atoms with Crippen LogP contribution in [0.5, 0.6) is 0 Å². The van der Waals surface area contributed by atoms with Gasteiger partial charge in [0.1, 0.15) is 11.5 Å². The largest absolute Gasteiger partial charge is 0.350 e. The summed E-state index contributed by atoms with van der Waals surface area (Å²) in [6.45, 7) is 2.49. The zero-order chi connectivity index (χ0) is 18.3. The molecule has 8 heteroatoms. The second-order valence-electron chi connectivity index (χ2n) is 6.88. The number of carbonyl (C=O) groups is 2. The van der Waals surface area contributed by atoms with Crippen LogP contribution in [-0.2, 0) is 17.6 Å². The highest BCUT2D eigenvalue weighted by molar-refractivity contribution is 5.93. The first-order chi connectivity index (χ1) is 12.5. The highest BCUT2D eigenvalue weighted by atomic mass is 16.2. The van der Waals surface area contributed by atoms with E-state index in [0.29, 0.717) is 25.3 Å². The van der Waals surface area contributed by atoms with E-state index in [1.165, 1.54) is 11.6 Å². The molecule has 3 heterocycles. The third-order valence-corrected chi connectivity index (χ3v) is 4.90. The predicted molar refractivity (Wildman–Crippen MR) is 92.6 cm³/mol. The molecular weight excluding hydrogens is 334 g/mol. The van der Waals surface area contributed by atoms with Crippen molar-refractivity contribution < 1.29 is 9.59 Å². The van der Waals surface area contributed by atoms with Crippen molar-refractivity contribution in [3.05, 3.63) is 57.5 Å². The molecule has 134 valence electrons. The van der Waals surface area contributed by atoms with Gasteiger partial charge < -0.3 is 15.2 Å². The van der Waals surface area contributed by atoms with Gasteiger partial charge >= 0.3 is 0 Å². The van der Waals surface area contributed by atoms with Crippen LogP contribution >= 0.6 is 0 Å². The van der Waals surface area contributed by atoms with Gasteiger partial charge in [0.25, 0.3) is 11.5 Å². The third kappa shape index (κ3) is 3.10. The maximum atomic E-state index is 12.5. The minimum absolute atomic E-state index is 0.0171. The van der Waals surface area contributed by atoms with Gasteiger partial charge in [0.05, 0.1) is 6.04 Å². The summed E-state index contributed by atoms with van der Waals surface area (Å²) in [6, 6.07) is 3.10. The molecule has 8 nitrogen and oxygen atoms in total. The molecule has 1 aliphatic heterocycles. The van der Waals surface area contributed by atoms with Gasteiger partial charge in [0.2, 0.25) is 5.91 Å². The summed E-state index contributed by atoms with van der Waals surface area (Å²) in [4.78, 5) is 48.6. The highest BCUT2D eigenvalue weighted by Crippen LogP contribution is 2.26. The van der Waals surface area contributed by atoms with Crippen molar-refractivity contribution in [3.8, 4) is 0 Å². The van der Waals surface area contributed by atoms with Crippen LogP contribution in [0.25, 0.3) is 0 Å². The Balaban J connectivity index is 1.31. The topological polar surface area (TPSA) is 108 Å². The zero-order valence-corrected chi connectivity index (χ0v) is 14.4. The number of H-pyrrole nitrogens is 1. The fraction of sp³-hybridized carbons (Fsp3) is 0.389. The Kier molecular flexibility index (Phi) is 4.02. The molecule has 0 bridgehead atoms. The summed E-state index contributed by atoms with van der Waals surface area (Å²) in [7, 11) is 0. The number of rotatable bonds is 3. The zero-order valence-electron chi connectivity index (χ0n) is 14.4. The number of fused-ring (bicyclic) bond motifs is 1. The monoisotopic (exact) mass is 353 g/mol. The van der Waals surface area contributed by atoms with E-state index < -0.39 is 0 Å². The molecule has 1 aliphatic carbocycles. The number of pyridine rings is 1. The predicted octanol–water partition coefficient (Wildman–Crippen LogP) is -0.171. The van der Waals surface area contributed by atoms with Crippen LogP contribution in [0, 0.1) is 12.8 Å². The van der Waals surface area contributed by atoms with E-state index in [-0.39, 0.29) is 35.0 Å². The summed E-state index contributed by atoms with van der Waals surface area (Å²) >= 11 is 0. The molecule has 26 heavy (non-hydrogen) atoms. The number of likely N-dealkylation sites (tertiary alicyclic amines) is 1. The van der Waals surface area contributed by atoms with Crippen LogP contribution in [0.1, 0.15) is 27.4 Å². The van der Waals surface area contributed by atoms with E-state index in [0.717, 1.165) is 12.0 Å². The van der Waals surface area contributed by atoms with Crippen LogP contribution in [0.4, 0.5) is 0 Å². The Hall–Kier alpha value is -3.03. The normalized spacial score (nSPS) is 19.0. The Morgan fingerprint density at radius 1 is 1.27 bits per heavy atom. The van der Waals surface area contributed by atoms with Crippen molar-refractivity contribution >= 4 is 11.8 Å². The first kappa shape index (κ1) is 16.4. The van der Waals surface area contributed by atoms with Crippen molar-refractivity contribution in [1.29, 1.82) is 0 Å². The molecule has 2 N–H and O–H groups in total.